The van der Waals surface area contributed by atoms with Crippen molar-refractivity contribution in [2.24, 2.45) is 5.92 Å². The third kappa shape index (κ3) is 3.46. The largest absolute Gasteiger partial charge is 0.373 e. The average Bonchev–Trinajstić information content (AvgIpc) is 2.95. The monoisotopic (exact) mass is 277 g/mol. The van der Waals surface area contributed by atoms with Crippen LogP contribution in [0.1, 0.15) is 39.0 Å². The third-order valence-electron chi connectivity index (χ3n) is 3.97. The number of carbonyl (C=O) groups is 1. The van der Waals surface area contributed by atoms with Crippen LogP contribution in [0.5, 0.6) is 0 Å². The molecule has 0 aromatic carbocycles. The summed E-state index contributed by atoms with van der Waals surface area (Å²) in [6.45, 7) is 3.08. The van der Waals surface area contributed by atoms with Crippen molar-refractivity contribution in [3.63, 3.8) is 0 Å². The fraction of sp³-hybridized carbons (Fsp3) is 0.667. The molecule has 0 bridgehead atoms. The maximum absolute atomic E-state index is 12.1. The molecule has 1 aromatic heterocycles. The molecule has 1 aromatic rings. The molecule has 0 radical (unpaired) electrons. The highest BCUT2D eigenvalue weighted by atomic mass is 16.1. The smallest absolute Gasteiger partial charge is 0.269 e. The Labute approximate surface area is 119 Å². The molecule has 1 fully saturated rings. The Morgan fingerprint density at radius 1 is 1.45 bits per heavy atom. The molecule has 0 saturated heterocycles. The first-order chi connectivity index (χ1) is 9.61. The quantitative estimate of drug-likeness (QED) is 0.796. The van der Waals surface area contributed by atoms with Crippen molar-refractivity contribution in [3.05, 3.63) is 22.6 Å². The van der Waals surface area contributed by atoms with Crippen LogP contribution in [-0.4, -0.2) is 29.2 Å². The highest BCUT2D eigenvalue weighted by Gasteiger charge is 2.23. The van der Waals surface area contributed by atoms with E-state index in [0.717, 1.165) is 44.3 Å². The van der Waals surface area contributed by atoms with Crippen molar-refractivity contribution >= 4 is 11.5 Å². The minimum absolute atomic E-state index is 0.112. The van der Waals surface area contributed by atoms with E-state index in [0.29, 0.717) is 0 Å². The summed E-state index contributed by atoms with van der Waals surface area (Å²) in [7, 11) is 1.94. The molecule has 110 valence electrons. The summed E-state index contributed by atoms with van der Waals surface area (Å²) in [5.41, 5.74) is 0.609. The van der Waals surface area contributed by atoms with E-state index in [-0.39, 0.29) is 23.8 Å². The van der Waals surface area contributed by atoms with E-state index in [1.165, 1.54) is 4.68 Å². The van der Waals surface area contributed by atoms with Crippen LogP contribution in [0.2, 0.25) is 0 Å². The lowest BCUT2D eigenvalue weighted by Crippen LogP contribution is -2.30. The van der Waals surface area contributed by atoms with Crippen molar-refractivity contribution in [3.8, 4) is 0 Å². The molecule has 0 aliphatic heterocycles. The average molecular weight is 277 g/mol. The van der Waals surface area contributed by atoms with E-state index in [2.05, 4.69) is 12.0 Å². The molecule has 5 nitrogen and oxygen atoms in total. The number of hydrogen-bond donors (Lipinski definition) is 0. The van der Waals surface area contributed by atoms with Crippen molar-refractivity contribution in [1.29, 1.82) is 0 Å². The molecule has 1 aliphatic carbocycles. The van der Waals surface area contributed by atoms with Gasteiger partial charge in [0.1, 0.15) is 6.54 Å². The second-order valence-electron chi connectivity index (χ2n) is 5.58. The molecule has 2 rings (SSSR count). The summed E-state index contributed by atoms with van der Waals surface area (Å²) in [6.07, 6.45) is 6.85. The number of anilines is 1. The molecule has 0 unspecified atom stereocenters. The first-order valence-corrected chi connectivity index (χ1v) is 7.43. The first kappa shape index (κ1) is 14.8. The molecule has 1 saturated carbocycles. The van der Waals surface area contributed by atoms with Gasteiger partial charge in [-0.25, -0.2) is 4.68 Å². The molecular formula is C15H23N3O2. The molecule has 1 aliphatic rings. The number of Topliss-reactive ketones (excluding diaryl/α,β-unsaturated/α-hetero) is 1. The zero-order valence-corrected chi connectivity index (χ0v) is 12.3. The van der Waals surface area contributed by atoms with E-state index in [1.807, 2.05) is 11.9 Å². The molecule has 0 spiro atoms. The molecule has 20 heavy (non-hydrogen) atoms. The second-order valence-corrected chi connectivity index (χ2v) is 5.58. The van der Waals surface area contributed by atoms with Crippen LogP contribution in [0.4, 0.5) is 5.69 Å². The molecule has 1 heterocycles. The van der Waals surface area contributed by atoms with Gasteiger partial charge < -0.3 is 4.90 Å². The van der Waals surface area contributed by atoms with Crippen molar-refractivity contribution in [2.45, 2.75) is 45.6 Å². The molecule has 0 atom stereocenters. The Kier molecular flexibility index (Phi) is 4.93. The van der Waals surface area contributed by atoms with Gasteiger partial charge in [0, 0.05) is 25.6 Å². The van der Waals surface area contributed by atoms with Gasteiger partial charge in [-0.1, -0.05) is 19.8 Å². The Morgan fingerprint density at radius 3 is 2.75 bits per heavy atom. The van der Waals surface area contributed by atoms with Gasteiger partial charge in [-0.3, -0.25) is 9.59 Å². The van der Waals surface area contributed by atoms with Crippen LogP contribution in [-0.2, 0) is 11.3 Å². The van der Waals surface area contributed by atoms with Crippen LogP contribution in [0.25, 0.3) is 0 Å². The fourth-order valence-corrected chi connectivity index (χ4v) is 2.74. The Bertz CT molecular complexity index is 518. The predicted molar refractivity (Wildman–Crippen MR) is 79.0 cm³/mol. The number of aromatic nitrogens is 2. The van der Waals surface area contributed by atoms with E-state index >= 15 is 0 Å². The summed E-state index contributed by atoms with van der Waals surface area (Å²) in [4.78, 5) is 26.1. The van der Waals surface area contributed by atoms with E-state index in [1.54, 1.807) is 12.3 Å². The zero-order chi connectivity index (χ0) is 14.5. The molecular weight excluding hydrogens is 254 g/mol. The second kappa shape index (κ2) is 6.68. The normalized spacial score (nSPS) is 15.5. The van der Waals surface area contributed by atoms with Gasteiger partial charge in [-0.05, 0) is 19.3 Å². The summed E-state index contributed by atoms with van der Waals surface area (Å²) in [6, 6.07) is 1.56. The SMILES string of the molecule is CCCN(C)c1cnn(CC(=O)C2CCCC2)c(=O)c1. The van der Waals surface area contributed by atoms with Gasteiger partial charge in [0.2, 0.25) is 0 Å². The molecule has 0 amide bonds. The minimum Gasteiger partial charge on any atom is -0.373 e. The van der Waals surface area contributed by atoms with Gasteiger partial charge >= 0.3 is 0 Å². The van der Waals surface area contributed by atoms with E-state index < -0.39 is 0 Å². The lowest BCUT2D eigenvalue weighted by molar-refractivity contribution is -0.123. The van der Waals surface area contributed by atoms with Gasteiger partial charge in [0.05, 0.1) is 11.9 Å². The Hall–Kier alpha value is -1.65. The summed E-state index contributed by atoms with van der Waals surface area (Å²) < 4.78 is 1.28. The van der Waals surface area contributed by atoms with Gasteiger partial charge in [0.15, 0.2) is 5.78 Å². The van der Waals surface area contributed by atoms with Crippen molar-refractivity contribution in [2.75, 3.05) is 18.5 Å². The minimum atomic E-state index is -0.197. The molecule has 0 N–H and O–H groups in total. The number of rotatable bonds is 6. The van der Waals surface area contributed by atoms with Crippen molar-refractivity contribution in [1.82, 2.24) is 9.78 Å². The van der Waals surface area contributed by atoms with Crippen molar-refractivity contribution < 1.29 is 4.79 Å². The fourth-order valence-electron chi connectivity index (χ4n) is 2.74. The Morgan fingerprint density at radius 2 is 2.15 bits per heavy atom. The van der Waals surface area contributed by atoms with Crippen LogP contribution in [0, 0.1) is 5.92 Å². The highest BCUT2D eigenvalue weighted by molar-refractivity contribution is 5.80. The van der Waals surface area contributed by atoms with Gasteiger partial charge in [0.25, 0.3) is 5.56 Å². The standard InChI is InChI=1S/C15H23N3O2/c1-3-8-17(2)13-9-15(20)18(16-10-13)11-14(19)12-6-4-5-7-12/h9-10,12H,3-8,11H2,1-2H3. The van der Waals surface area contributed by atoms with E-state index in [4.69, 9.17) is 0 Å². The number of carbonyl (C=O) groups excluding carboxylic acids is 1. The van der Waals surface area contributed by atoms with Gasteiger partial charge in [-0.15, -0.1) is 0 Å². The van der Waals surface area contributed by atoms with Gasteiger partial charge in [-0.2, -0.15) is 5.10 Å². The first-order valence-electron chi connectivity index (χ1n) is 7.43. The van der Waals surface area contributed by atoms with Crippen LogP contribution < -0.4 is 10.5 Å². The summed E-state index contributed by atoms with van der Waals surface area (Å²) >= 11 is 0. The lowest BCUT2D eigenvalue weighted by Gasteiger charge is -2.18. The predicted octanol–water partition coefficient (Wildman–Crippen LogP) is 1.85. The third-order valence-corrected chi connectivity index (χ3v) is 3.97. The number of hydrogen-bond acceptors (Lipinski definition) is 4. The van der Waals surface area contributed by atoms with Crippen LogP contribution >= 0.6 is 0 Å². The maximum Gasteiger partial charge on any atom is 0.269 e. The van der Waals surface area contributed by atoms with E-state index in [9.17, 15) is 9.59 Å². The lowest BCUT2D eigenvalue weighted by atomic mass is 10.0. The number of nitrogens with zero attached hydrogens (tertiary/aromatic N) is 3. The summed E-state index contributed by atoms with van der Waals surface area (Å²) in [5, 5.41) is 4.13. The van der Waals surface area contributed by atoms with Crippen LogP contribution in [0.3, 0.4) is 0 Å². The summed E-state index contributed by atoms with van der Waals surface area (Å²) in [5.74, 6) is 0.276. The highest BCUT2D eigenvalue weighted by Crippen LogP contribution is 2.25. The maximum atomic E-state index is 12.1. The van der Waals surface area contributed by atoms with Crippen LogP contribution in [0.15, 0.2) is 17.1 Å². The zero-order valence-electron chi connectivity index (χ0n) is 12.3. The molecule has 5 heteroatoms. The Balaban J connectivity index is 2.05. The topological polar surface area (TPSA) is 55.2 Å². The number of ketones is 1.